The minimum Gasteiger partial charge on any atom is -0.399 e. The molecule has 0 radical (unpaired) electrons. The van der Waals surface area contributed by atoms with Crippen molar-refractivity contribution in [1.82, 2.24) is 0 Å². The highest BCUT2D eigenvalue weighted by atomic mass is 16.1. The lowest BCUT2D eigenvalue weighted by molar-refractivity contribution is 0.102. The Bertz CT molecular complexity index is 699. The minimum atomic E-state index is -0.262. The Kier molecular flexibility index (Phi) is 4.10. The number of nitrogen functional groups attached to an aromatic ring is 1. The maximum Gasteiger partial charge on any atom is 0.255 e. The summed E-state index contributed by atoms with van der Waals surface area (Å²) in [6, 6.07) is 14.0. The first kappa shape index (κ1) is 14.4. The first-order valence-corrected chi connectivity index (χ1v) is 6.39. The number of benzene rings is 2. The first-order chi connectivity index (χ1) is 10.0. The molecule has 0 unspecified atom stereocenters. The molecule has 0 spiro atoms. The average Bonchev–Trinajstić information content (AvgIpc) is 2.49. The standard InChI is InChI=1S/C16H16N4O/c1-20(2)14-6-3-11(4-7-14)16(21)19-15-8-5-13(18)9-12(15)10-17/h3-9H,18H2,1-2H3,(H,19,21). The van der Waals surface area contributed by atoms with Crippen LogP contribution in [0.4, 0.5) is 17.1 Å². The summed E-state index contributed by atoms with van der Waals surface area (Å²) in [5, 5.41) is 11.8. The lowest BCUT2D eigenvalue weighted by atomic mass is 10.1. The van der Waals surface area contributed by atoms with Crippen molar-refractivity contribution in [3.05, 3.63) is 53.6 Å². The van der Waals surface area contributed by atoms with E-state index in [0.717, 1.165) is 5.69 Å². The Labute approximate surface area is 123 Å². The average molecular weight is 280 g/mol. The van der Waals surface area contributed by atoms with Gasteiger partial charge in [-0.1, -0.05) is 0 Å². The summed E-state index contributed by atoms with van der Waals surface area (Å²) >= 11 is 0. The Hall–Kier alpha value is -3.00. The van der Waals surface area contributed by atoms with Crippen LogP contribution in [0.25, 0.3) is 0 Å². The molecule has 0 saturated carbocycles. The lowest BCUT2D eigenvalue weighted by Crippen LogP contribution is -2.14. The van der Waals surface area contributed by atoms with E-state index in [4.69, 9.17) is 11.0 Å². The summed E-state index contributed by atoms with van der Waals surface area (Å²) < 4.78 is 0. The highest BCUT2D eigenvalue weighted by Crippen LogP contribution is 2.19. The second-order valence-corrected chi connectivity index (χ2v) is 4.81. The molecule has 0 heterocycles. The van der Waals surface area contributed by atoms with Gasteiger partial charge >= 0.3 is 0 Å². The number of carbonyl (C=O) groups is 1. The topological polar surface area (TPSA) is 82.2 Å². The van der Waals surface area contributed by atoms with Crippen molar-refractivity contribution in [2.24, 2.45) is 0 Å². The van der Waals surface area contributed by atoms with Gasteiger partial charge in [-0.2, -0.15) is 5.26 Å². The van der Waals surface area contributed by atoms with Gasteiger partial charge in [0.25, 0.3) is 5.91 Å². The predicted octanol–water partition coefficient (Wildman–Crippen LogP) is 2.46. The minimum absolute atomic E-state index is 0.262. The van der Waals surface area contributed by atoms with E-state index in [1.165, 1.54) is 6.07 Å². The van der Waals surface area contributed by atoms with Crippen molar-refractivity contribution in [2.75, 3.05) is 30.0 Å². The lowest BCUT2D eigenvalue weighted by Gasteiger charge is -2.13. The largest absolute Gasteiger partial charge is 0.399 e. The summed E-state index contributed by atoms with van der Waals surface area (Å²) in [6.45, 7) is 0. The van der Waals surface area contributed by atoms with Crippen LogP contribution in [0.15, 0.2) is 42.5 Å². The van der Waals surface area contributed by atoms with Gasteiger partial charge in [0, 0.05) is 31.0 Å². The van der Waals surface area contributed by atoms with Gasteiger partial charge in [-0.3, -0.25) is 4.79 Å². The van der Waals surface area contributed by atoms with Crippen LogP contribution in [0.5, 0.6) is 0 Å². The Balaban J connectivity index is 2.20. The molecule has 2 aromatic carbocycles. The van der Waals surface area contributed by atoms with Gasteiger partial charge in [0.05, 0.1) is 11.3 Å². The van der Waals surface area contributed by atoms with Crippen LogP contribution in [-0.4, -0.2) is 20.0 Å². The molecule has 106 valence electrons. The SMILES string of the molecule is CN(C)c1ccc(C(=O)Nc2ccc(N)cc2C#N)cc1. The van der Waals surface area contributed by atoms with Gasteiger partial charge in [-0.25, -0.2) is 0 Å². The molecule has 0 aliphatic carbocycles. The molecule has 1 amide bonds. The summed E-state index contributed by atoms with van der Waals surface area (Å²) in [5.74, 6) is -0.262. The van der Waals surface area contributed by atoms with E-state index >= 15 is 0 Å². The molecule has 5 heteroatoms. The Morgan fingerprint density at radius 2 is 1.86 bits per heavy atom. The van der Waals surface area contributed by atoms with Crippen LogP contribution >= 0.6 is 0 Å². The number of nitrogens with one attached hydrogen (secondary N) is 1. The van der Waals surface area contributed by atoms with E-state index in [1.807, 2.05) is 37.2 Å². The summed E-state index contributed by atoms with van der Waals surface area (Å²) in [6.07, 6.45) is 0. The quantitative estimate of drug-likeness (QED) is 0.846. The third-order valence-electron chi connectivity index (χ3n) is 3.06. The zero-order chi connectivity index (χ0) is 15.4. The van der Waals surface area contributed by atoms with Crippen molar-refractivity contribution >= 4 is 23.0 Å². The van der Waals surface area contributed by atoms with Crippen LogP contribution < -0.4 is 16.0 Å². The van der Waals surface area contributed by atoms with Crippen LogP contribution in [-0.2, 0) is 0 Å². The fraction of sp³-hybridized carbons (Fsp3) is 0.125. The molecule has 0 aromatic heterocycles. The second-order valence-electron chi connectivity index (χ2n) is 4.81. The number of anilines is 3. The molecule has 21 heavy (non-hydrogen) atoms. The molecule has 0 aliphatic rings. The zero-order valence-electron chi connectivity index (χ0n) is 11.9. The number of nitrogens with two attached hydrogens (primary N) is 1. The van der Waals surface area contributed by atoms with E-state index in [9.17, 15) is 4.79 Å². The number of hydrogen-bond donors (Lipinski definition) is 2. The summed E-state index contributed by atoms with van der Waals surface area (Å²) in [5.41, 5.74) is 8.44. The number of carbonyl (C=O) groups excluding carboxylic acids is 1. The van der Waals surface area contributed by atoms with Gasteiger partial charge in [-0.05, 0) is 42.5 Å². The second kappa shape index (κ2) is 5.97. The van der Waals surface area contributed by atoms with Gasteiger partial charge < -0.3 is 16.0 Å². The van der Waals surface area contributed by atoms with Crippen molar-refractivity contribution in [2.45, 2.75) is 0 Å². The maximum absolute atomic E-state index is 12.2. The van der Waals surface area contributed by atoms with Crippen molar-refractivity contribution < 1.29 is 4.79 Å². The fourth-order valence-electron chi connectivity index (χ4n) is 1.87. The molecule has 0 saturated heterocycles. The molecule has 0 aliphatic heterocycles. The van der Waals surface area contributed by atoms with E-state index in [2.05, 4.69) is 5.32 Å². The van der Waals surface area contributed by atoms with Crippen molar-refractivity contribution in [1.29, 1.82) is 5.26 Å². The van der Waals surface area contributed by atoms with Gasteiger partial charge in [0.15, 0.2) is 0 Å². The number of nitriles is 1. The number of hydrogen-bond acceptors (Lipinski definition) is 4. The highest BCUT2D eigenvalue weighted by Gasteiger charge is 2.09. The monoisotopic (exact) mass is 280 g/mol. The zero-order valence-corrected chi connectivity index (χ0v) is 11.9. The predicted molar refractivity (Wildman–Crippen MR) is 84.3 cm³/mol. The smallest absolute Gasteiger partial charge is 0.255 e. The van der Waals surface area contributed by atoms with Crippen LogP contribution in [0.2, 0.25) is 0 Å². The van der Waals surface area contributed by atoms with E-state index in [1.54, 1.807) is 24.3 Å². The molecule has 0 atom stereocenters. The highest BCUT2D eigenvalue weighted by molar-refractivity contribution is 6.05. The van der Waals surface area contributed by atoms with Crippen molar-refractivity contribution in [3.63, 3.8) is 0 Å². The molecular weight excluding hydrogens is 264 g/mol. The fourth-order valence-corrected chi connectivity index (χ4v) is 1.87. The van der Waals surface area contributed by atoms with E-state index in [-0.39, 0.29) is 5.91 Å². The van der Waals surface area contributed by atoms with E-state index < -0.39 is 0 Å². The van der Waals surface area contributed by atoms with Crippen LogP contribution in [0.3, 0.4) is 0 Å². The first-order valence-electron chi connectivity index (χ1n) is 6.39. The summed E-state index contributed by atoms with van der Waals surface area (Å²) in [4.78, 5) is 14.1. The molecule has 5 nitrogen and oxygen atoms in total. The van der Waals surface area contributed by atoms with Gasteiger partial charge in [0.1, 0.15) is 6.07 Å². The van der Waals surface area contributed by atoms with Crippen LogP contribution in [0.1, 0.15) is 15.9 Å². The molecule has 0 fully saturated rings. The molecule has 2 aromatic rings. The molecule has 0 bridgehead atoms. The molecular formula is C16H16N4O. The number of rotatable bonds is 3. The third-order valence-corrected chi connectivity index (χ3v) is 3.06. The third kappa shape index (κ3) is 3.31. The number of amides is 1. The van der Waals surface area contributed by atoms with Crippen LogP contribution in [0, 0.1) is 11.3 Å². The molecule has 2 rings (SSSR count). The molecule has 3 N–H and O–H groups in total. The van der Waals surface area contributed by atoms with Gasteiger partial charge in [-0.15, -0.1) is 0 Å². The number of nitrogens with zero attached hydrogens (tertiary/aromatic N) is 2. The summed E-state index contributed by atoms with van der Waals surface area (Å²) in [7, 11) is 3.87. The maximum atomic E-state index is 12.2. The van der Waals surface area contributed by atoms with Crippen molar-refractivity contribution in [3.8, 4) is 6.07 Å². The Morgan fingerprint density at radius 3 is 2.43 bits per heavy atom. The van der Waals surface area contributed by atoms with E-state index in [0.29, 0.717) is 22.5 Å². The normalized spacial score (nSPS) is 9.76. The Morgan fingerprint density at radius 1 is 1.19 bits per heavy atom. The van der Waals surface area contributed by atoms with Gasteiger partial charge in [0.2, 0.25) is 0 Å².